The number of hydrogen-bond donors (Lipinski definition) is 4. The second-order valence-corrected chi connectivity index (χ2v) is 5.58. The van der Waals surface area contributed by atoms with Crippen molar-refractivity contribution in [1.82, 2.24) is 9.97 Å². The number of nitrogens with two attached hydrogens (primary N) is 1. The maximum absolute atomic E-state index is 10.3. The average molecular weight is 265 g/mol. The van der Waals surface area contributed by atoms with Gasteiger partial charge in [0.25, 0.3) is 0 Å². The minimum atomic E-state index is -0.598. The Balaban J connectivity index is 2.08. The highest BCUT2D eigenvalue weighted by Gasteiger charge is 2.30. The molecule has 0 aliphatic heterocycles. The van der Waals surface area contributed by atoms with E-state index in [4.69, 9.17) is 5.84 Å². The van der Waals surface area contributed by atoms with Gasteiger partial charge in [-0.05, 0) is 12.8 Å². The lowest BCUT2D eigenvalue weighted by molar-refractivity contribution is 0.0614. The number of hydrogen-bond acceptors (Lipinski definition) is 6. The maximum atomic E-state index is 10.3. The summed E-state index contributed by atoms with van der Waals surface area (Å²) in [5.41, 5.74) is 1.95. The van der Waals surface area contributed by atoms with E-state index in [-0.39, 0.29) is 5.92 Å². The molecule has 19 heavy (non-hydrogen) atoms. The number of rotatable bonds is 5. The monoisotopic (exact) mass is 265 g/mol. The number of hydrazine groups is 1. The first-order valence-electron chi connectivity index (χ1n) is 6.84. The van der Waals surface area contributed by atoms with Gasteiger partial charge in [-0.2, -0.15) is 0 Å². The summed E-state index contributed by atoms with van der Waals surface area (Å²) in [6, 6.07) is 1.75. The minimum absolute atomic E-state index is 0.225. The van der Waals surface area contributed by atoms with Gasteiger partial charge in [-0.15, -0.1) is 0 Å². The van der Waals surface area contributed by atoms with E-state index in [0.717, 1.165) is 31.5 Å². The SMILES string of the molecule is CC(C)c1nc(NN)cc(NCC2(O)CCCC2)n1. The zero-order chi connectivity index (χ0) is 13.9. The van der Waals surface area contributed by atoms with Crippen LogP contribution in [0, 0.1) is 0 Å². The summed E-state index contributed by atoms with van der Waals surface area (Å²) in [4.78, 5) is 8.74. The average Bonchev–Trinajstić information content (AvgIpc) is 2.83. The lowest BCUT2D eigenvalue weighted by atomic mass is 10.0. The number of aliphatic hydroxyl groups is 1. The molecule has 0 unspecified atom stereocenters. The highest BCUT2D eigenvalue weighted by Crippen LogP contribution is 2.29. The van der Waals surface area contributed by atoms with Crippen LogP contribution >= 0.6 is 0 Å². The van der Waals surface area contributed by atoms with E-state index in [9.17, 15) is 5.11 Å². The van der Waals surface area contributed by atoms with Crippen LogP contribution in [0.3, 0.4) is 0 Å². The minimum Gasteiger partial charge on any atom is -0.388 e. The Labute approximate surface area is 113 Å². The van der Waals surface area contributed by atoms with E-state index in [2.05, 4.69) is 20.7 Å². The van der Waals surface area contributed by atoms with Gasteiger partial charge in [0, 0.05) is 18.5 Å². The van der Waals surface area contributed by atoms with Gasteiger partial charge in [0.2, 0.25) is 0 Å². The largest absolute Gasteiger partial charge is 0.388 e. The number of aromatic nitrogens is 2. The van der Waals surface area contributed by atoms with E-state index in [1.807, 2.05) is 13.8 Å². The van der Waals surface area contributed by atoms with Crippen molar-refractivity contribution in [3.63, 3.8) is 0 Å². The molecule has 1 fully saturated rings. The van der Waals surface area contributed by atoms with Crippen LogP contribution in [0.2, 0.25) is 0 Å². The first-order chi connectivity index (χ1) is 9.02. The van der Waals surface area contributed by atoms with Crippen LogP contribution in [0.15, 0.2) is 6.07 Å². The summed E-state index contributed by atoms with van der Waals surface area (Å²) in [7, 11) is 0. The van der Waals surface area contributed by atoms with E-state index in [0.29, 0.717) is 18.2 Å². The predicted octanol–water partition coefficient (Wildman–Crippen LogP) is 1.60. The smallest absolute Gasteiger partial charge is 0.145 e. The molecule has 106 valence electrons. The quantitative estimate of drug-likeness (QED) is 0.477. The van der Waals surface area contributed by atoms with Gasteiger partial charge in [0.15, 0.2) is 0 Å². The van der Waals surface area contributed by atoms with Gasteiger partial charge in [-0.1, -0.05) is 26.7 Å². The molecule has 6 heteroatoms. The summed E-state index contributed by atoms with van der Waals surface area (Å²) in [6.07, 6.45) is 3.89. The fourth-order valence-electron chi connectivity index (χ4n) is 2.35. The molecule has 0 bridgehead atoms. The van der Waals surface area contributed by atoms with Crippen LogP contribution < -0.4 is 16.6 Å². The first kappa shape index (κ1) is 14.0. The van der Waals surface area contributed by atoms with Crippen LogP contribution in [0.1, 0.15) is 51.3 Å². The number of nitrogens with zero attached hydrogens (tertiary/aromatic N) is 2. The van der Waals surface area contributed by atoms with Crippen molar-refractivity contribution in [3.05, 3.63) is 11.9 Å². The van der Waals surface area contributed by atoms with Gasteiger partial charge in [0.1, 0.15) is 17.5 Å². The van der Waals surface area contributed by atoms with Crippen molar-refractivity contribution in [2.45, 2.75) is 51.0 Å². The van der Waals surface area contributed by atoms with Crippen molar-refractivity contribution in [2.24, 2.45) is 5.84 Å². The molecule has 0 spiro atoms. The molecule has 5 N–H and O–H groups in total. The van der Waals surface area contributed by atoms with Gasteiger partial charge in [-0.3, -0.25) is 0 Å². The number of nitrogen functional groups attached to an aromatic ring is 1. The van der Waals surface area contributed by atoms with Crippen molar-refractivity contribution >= 4 is 11.6 Å². The molecule has 1 aliphatic carbocycles. The van der Waals surface area contributed by atoms with E-state index < -0.39 is 5.60 Å². The fraction of sp³-hybridized carbons (Fsp3) is 0.692. The Hall–Kier alpha value is -1.40. The number of anilines is 2. The van der Waals surface area contributed by atoms with Crippen LogP contribution in [0.4, 0.5) is 11.6 Å². The van der Waals surface area contributed by atoms with Crippen molar-refractivity contribution in [2.75, 3.05) is 17.3 Å². The van der Waals surface area contributed by atoms with E-state index >= 15 is 0 Å². The topological polar surface area (TPSA) is 96.1 Å². The molecule has 1 aromatic heterocycles. The molecular weight excluding hydrogens is 242 g/mol. The second-order valence-electron chi connectivity index (χ2n) is 5.58. The van der Waals surface area contributed by atoms with Gasteiger partial charge in [-0.25, -0.2) is 15.8 Å². The van der Waals surface area contributed by atoms with Crippen molar-refractivity contribution < 1.29 is 5.11 Å². The third-order valence-electron chi connectivity index (χ3n) is 3.54. The molecule has 0 saturated heterocycles. The van der Waals surface area contributed by atoms with Gasteiger partial charge < -0.3 is 15.8 Å². The summed E-state index contributed by atoms with van der Waals surface area (Å²) in [5.74, 6) is 7.66. The van der Waals surface area contributed by atoms with Crippen molar-refractivity contribution in [1.29, 1.82) is 0 Å². The summed E-state index contributed by atoms with van der Waals surface area (Å²) >= 11 is 0. The predicted molar refractivity (Wildman–Crippen MR) is 75.8 cm³/mol. The maximum Gasteiger partial charge on any atom is 0.145 e. The zero-order valence-electron chi connectivity index (χ0n) is 11.6. The Morgan fingerprint density at radius 2 is 1.95 bits per heavy atom. The molecular formula is C13H23N5O. The second kappa shape index (κ2) is 5.71. The molecule has 0 radical (unpaired) electrons. The highest BCUT2D eigenvalue weighted by atomic mass is 16.3. The lowest BCUT2D eigenvalue weighted by Crippen LogP contribution is -2.33. The van der Waals surface area contributed by atoms with Crippen LogP contribution in [0.5, 0.6) is 0 Å². The Morgan fingerprint density at radius 3 is 2.53 bits per heavy atom. The standard InChI is InChI=1S/C13H23N5O/c1-9(2)12-16-10(7-11(17-12)18-14)15-8-13(19)5-3-4-6-13/h7,9,19H,3-6,8,14H2,1-2H3,(H2,15,16,17,18). The molecule has 0 aromatic carbocycles. The van der Waals surface area contributed by atoms with Gasteiger partial charge in [0.05, 0.1) is 5.60 Å². The third kappa shape index (κ3) is 3.54. The lowest BCUT2D eigenvalue weighted by Gasteiger charge is -2.23. The molecule has 1 saturated carbocycles. The molecule has 1 aliphatic rings. The van der Waals surface area contributed by atoms with E-state index in [1.54, 1.807) is 6.07 Å². The summed E-state index contributed by atoms with van der Waals surface area (Å²) < 4.78 is 0. The Morgan fingerprint density at radius 1 is 1.32 bits per heavy atom. The van der Waals surface area contributed by atoms with Crippen LogP contribution in [-0.2, 0) is 0 Å². The summed E-state index contributed by atoms with van der Waals surface area (Å²) in [5, 5.41) is 13.5. The zero-order valence-corrected chi connectivity index (χ0v) is 11.6. The Bertz CT molecular complexity index is 429. The molecule has 2 rings (SSSR count). The molecule has 1 aromatic rings. The molecule has 0 amide bonds. The third-order valence-corrected chi connectivity index (χ3v) is 3.54. The van der Waals surface area contributed by atoms with Gasteiger partial charge >= 0.3 is 0 Å². The normalized spacial score (nSPS) is 17.7. The van der Waals surface area contributed by atoms with Crippen LogP contribution in [-0.4, -0.2) is 27.2 Å². The fourth-order valence-corrected chi connectivity index (χ4v) is 2.35. The van der Waals surface area contributed by atoms with Crippen molar-refractivity contribution in [3.8, 4) is 0 Å². The molecule has 0 atom stereocenters. The highest BCUT2D eigenvalue weighted by molar-refractivity contribution is 5.47. The number of nitrogens with one attached hydrogen (secondary N) is 2. The Kier molecular flexibility index (Phi) is 4.21. The molecule has 1 heterocycles. The first-order valence-corrected chi connectivity index (χ1v) is 6.84. The van der Waals surface area contributed by atoms with E-state index in [1.165, 1.54) is 0 Å². The summed E-state index contributed by atoms with van der Waals surface area (Å²) in [6.45, 7) is 4.58. The van der Waals surface area contributed by atoms with Crippen LogP contribution in [0.25, 0.3) is 0 Å². The molecule has 6 nitrogen and oxygen atoms in total.